The summed E-state index contributed by atoms with van der Waals surface area (Å²) in [5.41, 5.74) is 1.48. The van der Waals surface area contributed by atoms with Gasteiger partial charge < -0.3 is 10.3 Å². The largest absolute Gasteiger partial charge is 0.323 e. The highest BCUT2D eigenvalue weighted by molar-refractivity contribution is 5.92. The van der Waals surface area contributed by atoms with E-state index in [1.165, 1.54) is 0 Å². The van der Waals surface area contributed by atoms with E-state index in [1.807, 2.05) is 20.8 Å². The minimum Gasteiger partial charge on any atom is -0.323 e. The van der Waals surface area contributed by atoms with Gasteiger partial charge >= 0.3 is 0 Å². The fraction of sp³-hybridized carbons (Fsp3) is 0.300. The first-order valence-electron chi connectivity index (χ1n) is 8.86. The number of anilines is 1. The first-order valence-corrected chi connectivity index (χ1v) is 8.86. The number of H-pyrrole nitrogens is 1. The van der Waals surface area contributed by atoms with Gasteiger partial charge in [0, 0.05) is 34.6 Å². The van der Waals surface area contributed by atoms with Crippen LogP contribution >= 0.6 is 0 Å². The van der Waals surface area contributed by atoms with Gasteiger partial charge in [-0.1, -0.05) is 20.8 Å². The van der Waals surface area contributed by atoms with Gasteiger partial charge in [-0.2, -0.15) is 0 Å². The highest BCUT2D eigenvalue weighted by atomic mass is 16.2. The van der Waals surface area contributed by atoms with E-state index in [9.17, 15) is 9.59 Å². The fourth-order valence-corrected chi connectivity index (χ4v) is 2.60. The molecule has 0 unspecified atom stereocenters. The van der Waals surface area contributed by atoms with Crippen LogP contribution in [0, 0.1) is 6.92 Å². The molecular formula is C20H22N6O2. The first-order chi connectivity index (χ1) is 13.2. The van der Waals surface area contributed by atoms with Crippen LogP contribution < -0.4 is 10.9 Å². The van der Waals surface area contributed by atoms with Gasteiger partial charge in [-0.15, -0.1) is 0 Å². The van der Waals surface area contributed by atoms with Gasteiger partial charge in [0.2, 0.25) is 5.91 Å². The first kappa shape index (κ1) is 19.3. The number of pyridine rings is 1. The molecule has 0 aliphatic carbocycles. The maximum atomic E-state index is 12.5. The molecule has 0 saturated heterocycles. The number of amides is 1. The highest BCUT2D eigenvalue weighted by Crippen LogP contribution is 2.18. The Bertz CT molecular complexity index is 1040. The zero-order chi connectivity index (χ0) is 20.3. The van der Waals surface area contributed by atoms with E-state index in [2.05, 4.69) is 30.2 Å². The Balaban J connectivity index is 1.75. The van der Waals surface area contributed by atoms with Crippen LogP contribution in [0.5, 0.6) is 0 Å². The van der Waals surface area contributed by atoms with Crippen molar-refractivity contribution in [2.24, 2.45) is 0 Å². The number of carbonyl (C=O) groups is 1. The number of aromatic nitrogens is 5. The van der Waals surface area contributed by atoms with Crippen molar-refractivity contribution in [1.82, 2.24) is 24.9 Å². The Kier molecular flexibility index (Phi) is 5.30. The van der Waals surface area contributed by atoms with Crippen molar-refractivity contribution in [1.29, 1.82) is 0 Å². The third-order valence-electron chi connectivity index (χ3n) is 4.10. The molecule has 0 radical (unpaired) electrons. The molecule has 8 nitrogen and oxygen atoms in total. The van der Waals surface area contributed by atoms with Crippen molar-refractivity contribution < 1.29 is 4.79 Å². The molecule has 3 heterocycles. The number of nitrogens with zero attached hydrogens (tertiary/aromatic N) is 4. The van der Waals surface area contributed by atoms with Crippen molar-refractivity contribution >= 4 is 11.6 Å². The lowest BCUT2D eigenvalue weighted by molar-refractivity contribution is -0.115. The van der Waals surface area contributed by atoms with Crippen LogP contribution in [-0.4, -0.2) is 30.8 Å². The van der Waals surface area contributed by atoms with E-state index < -0.39 is 0 Å². The molecule has 0 aliphatic heterocycles. The van der Waals surface area contributed by atoms with Crippen molar-refractivity contribution in [3.8, 4) is 11.4 Å². The van der Waals surface area contributed by atoms with E-state index in [4.69, 9.17) is 0 Å². The number of aromatic amines is 1. The number of hydrogen-bond donors (Lipinski definition) is 2. The Labute approximate surface area is 162 Å². The molecule has 0 saturated carbocycles. The third-order valence-corrected chi connectivity index (χ3v) is 4.10. The summed E-state index contributed by atoms with van der Waals surface area (Å²) >= 11 is 0. The molecule has 0 aromatic carbocycles. The topological polar surface area (TPSA) is 114 Å². The smallest absolute Gasteiger partial charge is 0.255 e. The minimum absolute atomic E-state index is 0.0947. The Morgan fingerprint density at radius 3 is 2.46 bits per heavy atom. The minimum atomic E-state index is -0.346. The van der Waals surface area contributed by atoms with Crippen LogP contribution in [0.2, 0.25) is 0 Å². The molecule has 0 fully saturated rings. The second kappa shape index (κ2) is 7.67. The number of carbonyl (C=O) groups excluding carboxylic acids is 1. The Hall–Kier alpha value is -3.42. The summed E-state index contributed by atoms with van der Waals surface area (Å²) in [5.74, 6) is 0.774. The lowest BCUT2D eigenvalue weighted by Gasteiger charge is -2.16. The van der Waals surface area contributed by atoms with E-state index in [0.29, 0.717) is 34.2 Å². The van der Waals surface area contributed by atoms with Gasteiger partial charge in [0.05, 0.1) is 24.5 Å². The van der Waals surface area contributed by atoms with Crippen LogP contribution in [0.3, 0.4) is 0 Å². The molecule has 0 atom stereocenters. The van der Waals surface area contributed by atoms with E-state index in [1.54, 1.807) is 43.8 Å². The van der Waals surface area contributed by atoms with Gasteiger partial charge in [-0.05, 0) is 19.1 Å². The molecule has 2 N–H and O–H groups in total. The van der Waals surface area contributed by atoms with Crippen LogP contribution in [0.4, 0.5) is 5.69 Å². The average Bonchev–Trinajstić information content (AvgIpc) is 2.65. The van der Waals surface area contributed by atoms with Gasteiger partial charge in [0.1, 0.15) is 11.6 Å². The van der Waals surface area contributed by atoms with E-state index in [-0.39, 0.29) is 23.3 Å². The normalized spacial score (nSPS) is 11.3. The summed E-state index contributed by atoms with van der Waals surface area (Å²) in [6, 6.07) is 3.57. The predicted octanol–water partition coefficient (Wildman–Crippen LogP) is 2.41. The quantitative estimate of drug-likeness (QED) is 0.721. The second-order valence-electron chi connectivity index (χ2n) is 7.49. The monoisotopic (exact) mass is 378 g/mol. The molecule has 0 bridgehead atoms. The molecule has 1 amide bonds. The molecule has 8 heteroatoms. The third kappa shape index (κ3) is 4.46. The second-order valence-corrected chi connectivity index (χ2v) is 7.49. The summed E-state index contributed by atoms with van der Waals surface area (Å²) < 4.78 is 0. The van der Waals surface area contributed by atoms with Gasteiger partial charge in [0.15, 0.2) is 0 Å². The fourth-order valence-electron chi connectivity index (χ4n) is 2.60. The number of hydrogen-bond acceptors (Lipinski definition) is 6. The molecule has 3 aromatic heterocycles. The molecule has 0 aliphatic rings. The maximum Gasteiger partial charge on any atom is 0.255 e. The summed E-state index contributed by atoms with van der Waals surface area (Å²) in [4.78, 5) is 44.5. The van der Waals surface area contributed by atoms with Crippen LogP contribution in [0.15, 0.2) is 41.7 Å². The van der Waals surface area contributed by atoms with Crippen LogP contribution in [-0.2, 0) is 16.6 Å². The molecule has 28 heavy (non-hydrogen) atoms. The summed E-state index contributed by atoms with van der Waals surface area (Å²) in [5, 5.41) is 2.72. The zero-order valence-corrected chi connectivity index (χ0v) is 16.3. The zero-order valence-electron chi connectivity index (χ0n) is 16.3. The van der Waals surface area contributed by atoms with Crippen molar-refractivity contribution in [2.45, 2.75) is 39.5 Å². The van der Waals surface area contributed by atoms with E-state index in [0.717, 1.165) is 0 Å². The molecule has 3 aromatic rings. The number of aryl methyl sites for hydroxylation is 1. The Morgan fingerprint density at radius 1 is 1.18 bits per heavy atom. The van der Waals surface area contributed by atoms with Crippen molar-refractivity contribution in [3.05, 3.63) is 64.4 Å². The maximum absolute atomic E-state index is 12.5. The SMILES string of the molecule is Cc1nc(-c2cccnc2)[nH]c(=O)c1CC(=O)Nc1cnc(C(C)(C)C)nc1. The lowest BCUT2D eigenvalue weighted by atomic mass is 9.96. The molecule has 3 rings (SSSR count). The number of rotatable bonds is 4. The van der Waals surface area contributed by atoms with Gasteiger partial charge in [0.25, 0.3) is 5.56 Å². The lowest BCUT2D eigenvalue weighted by Crippen LogP contribution is -2.24. The highest BCUT2D eigenvalue weighted by Gasteiger charge is 2.17. The Morgan fingerprint density at radius 2 is 1.89 bits per heavy atom. The van der Waals surface area contributed by atoms with Crippen molar-refractivity contribution in [3.63, 3.8) is 0 Å². The summed E-state index contributed by atoms with van der Waals surface area (Å²) in [6.45, 7) is 7.74. The molecular weight excluding hydrogens is 356 g/mol. The van der Waals surface area contributed by atoms with Crippen molar-refractivity contribution in [2.75, 3.05) is 5.32 Å². The standard InChI is InChI=1S/C20H22N6O2/c1-12-15(18(28)26-17(24-12)13-6-5-7-21-9-13)8-16(27)25-14-10-22-19(23-11-14)20(2,3)4/h5-7,9-11H,8H2,1-4H3,(H,25,27)(H,24,26,28). The number of nitrogens with one attached hydrogen (secondary N) is 2. The summed E-state index contributed by atoms with van der Waals surface area (Å²) in [7, 11) is 0. The molecule has 0 spiro atoms. The van der Waals surface area contributed by atoms with Crippen LogP contribution in [0.25, 0.3) is 11.4 Å². The predicted molar refractivity (Wildman–Crippen MR) is 106 cm³/mol. The van der Waals surface area contributed by atoms with Gasteiger partial charge in [-0.25, -0.2) is 15.0 Å². The summed E-state index contributed by atoms with van der Waals surface area (Å²) in [6.07, 6.45) is 6.29. The van der Waals surface area contributed by atoms with Gasteiger partial charge in [-0.3, -0.25) is 14.6 Å². The molecule has 144 valence electrons. The van der Waals surface area contributed by atoms with E-state index >= 15 is 0 Å². The average molecular weight is 378 g/mol. The van der Waals surface area contributed by atoms with Crippen LogP contribution in [0.1, 0.15) is 37.9 Å².